The minimum absolute atomic E-state index is 0.0339. The number of carbonyl (C=O) groups excluding carboxylic acids is 1. The summed E-state index contributed by atoms with van der Waals surface area (Å²) >= 11 is 0.704. The van der Waals surface area contributed by atoms with Gasteiger partial charge < -0.3 is 14.2 Å². The van der Waals surface area contributed by atoms with Gasteiger partial charge in [0, 0.05) is 17.8 Å². The first-order valence-electron chi connectivity index (χ1n) is 11.2. The van der Waals surface area contributed by atoms with Crippen molar-refractivity contribution in [1.29, 1.82) is 5.26 Å². The topological polar surface area (TPSA) is 140 Å². The number of benzene rings is 2. The first-order chi connectivity index (χ1) is 17.6. The summed E-state index contributed by atoms with van der Waals surface area (Å²) in [5.74, 6) is 0.986. The fraction of sp³-hybridized carbons (Fsp3) is 0.280. The third-order valence-corrected chi connectivity index (χ3v) is 6.42. The second-order valence-corrected chi connectivity index (χ2v) is 10.5. The van der Waals surface area contributed by atoms with Crippen LogP contribution < -0.4 is 19.5 Å². The Bertz CT molecular complexity index is 1460. The molecule has 1 N–H and O–H groups in total. The van der Waals surface area contributed by atoms with E-state index in [2.05, 4.69) is 14.7 Å². The number of nitriles is 1. The average Bonchev–Trinajstić information content (AvgIpc) is 3.31. The van der Waals surface area contributed by atoms with Gasteiger partial charge in [-0.25, -0.2) is 8.42 Å². The molecule has 0 aliphatic heterocycles. The summed E-state index contributed by atoms with van der Waals surface area (Å²) in [4.78, 5) is 16.3. The summed E-state index contributed by atoms with van der Waals surface area (Å²) in [5.41, 5.74) is 2.53. The van der Waals surface area contributed by atoms with Crippen molar-refractivity contribution in [3.8, 4) is 23.3 Å². The Hall–Kier alpha value is -3.95. The summed E-state index contributed by atoms with van der Waals surface area (Å²) in [6, 6.07) is 12.8. The molecule has 0 saturated carbocycles. The van der Waals surface area contributed by atoms with Crippen LogP contribution in [-0.2, 0) is 14.6 Å². The molecule has 0 spiro atoms. The van der Waals surface area contributed by atoms with Crippen molar-refractivity contribution in [2.75, 3.05) is 31.4 Å². The smallest absolute Gasteiger partial charge is 0.268 e. The van der Waals surface area contributed by atoms with Gasteiger partial charge in [0.25, 0.3) is 11.1 Å². The van der Waals surface area contributed by atoms with E-state index in [1.807, 2.05) is 45.0 Å². The number of hydrogen-bond acceptors (Lipinski definition) is 10. The molecule has 0 saturated heterocycles. The van der Waals surface area contributed by atoms with Crippen LogP contribution in [0, 0.1) is 25.2 Å². The molecule has 3 aromatic rings. The van der Waals surface area contributed by atoms with E-state index in [9.17, 15) is 18.5 Å². The highest BCUT2D eigenvalue weighted by atomic mass is 32.2. The van der Waals surface area contributed by atoms with Crippen LogP contribution in [0.25, 0.3) is 6.08 Å². The summed E-state index contributed by atoms with van der Waals surface area (Å²) < 4.78 is 44.1. The molecule has 0 radical (unpaired) electrons. The maximum absolute atomic E-state index is 12.5. The molecular weight excluding hydrogens is 516 g/mol. The monoisotopic (exact) mass is 542 g/mol. The fourth-order valence-corrected chi connectivity index (χ4v) is 4.60. The molecule has 0 bridgehead atoms. The maximum Gasteiger partial charge on any atom is 0.268 e. The zero-order valence-corrected chi connectivity index (χ0v) is 22.4. The number of hydrogen-bond donors (Lipinski definition) is 1. The van der Waals surface area contributed by atoms with Gasteiger partial charge >= 0.3 is 0 Å². The summed E-state index contributed by atoms with van der Waals surface area (Å²) in [5, 5.41) is 11.5. The molecule has 10 nitrogen and oxygen atoms in total. The van der Waals surface area contributed by atoms with Crippen LogP contribution in [0.2, 0.25) is 0 Å². The molecule has 0 aliphatic carbocycles. The summed E-state index contributed by atoms with van der Waals surface area (Å²) in [6.07, 6.45) is 2.34. The number of aryl methyl sites for hydroxylation is 2. The van der Waals surface area contributed by atoms with Gasteiger partial charge in [0.05, 0.1) is 6.61 Å². The van der Waals surface area contributed by atoms with Crippen molar-refractivity contribution in [2.45, 2.75) is 25.9 Å². The number of sulfone groups is 1. The predicted molar refractivity (Wildman–Crippen MR) is 140 cm³/mol. The number of amides is 1. The first-order valence-corrected chi connectivity index (χ1v) is 13.8. The Kier molecular flexibility index (Phi) is 9.21. The fourth-order valence-electron chi connectivity index (χ4n) is 3.16. The maximum atomic E-state index is 12.5. The van der Waals surface area contributed by atoms with Crippen molar-refractivity contribution in [3.05, 3.63) is 58.7 Å². The molecule has 1 amide bonds. The van der Waals surface area contributed by atoms with E-state index in [0.717, 1.165) is 23.1 Å². The SMILES string of the molecule is CCOc1cc(C=C(C#N)C(=O)Nc2nc(S(C)(=O)=O)ns2)ccc1OCCOc1ccc(C)cc1C. The van der Waals surface area contributed by atoms with E-state index in [-0.39, 0.29) is 17.3 Å². The molecule has 0 atom stereocenters. The molecule has 194 valence electrons. The number of carbonyl (C=O) groups is 1. The molecule has 2 aromatic carbocycles. The minimum Gasteiger partial charge on any atom is -0.490 e. The lowest BCUT2D eigenvalue weighted by molar-refractivity contribution is -0.112. The van der Waals surface area contributed by atoms with E-state index < -0.39 is 20.9 Å². The van der Waals surface area contributed by atoms with Crippen molar-refractivity contribution in [1.82, 2.24) is 9.36 Å². The molecule has 0 aliphatic rings. The van der Waals surface area contributed by atoms with Gasteiger partial charge in [-0.05, 0) is 56.2 Å². The van der Waals surface area contributed by atoms with Crippen LogP contribution in [0.3, 0.4) is 0 Å². The zero-order valence-electron chi connectivity index (χ0n) is 20.8. The van der Waals surface area contributed by atoms with Crippen LogP contribution in [0.5, 0.6) is 17.2 Å². The van der Waals surface area contributed by atoms with Gasteiger partial charge in [-0.1, -0.05) is 23.8 Å². The molecule has 1 heterocycles. The molecule has 0 fully saturated rings. The largest absolute Gasteiger partial charge is 0.490 e. The lowest BCUT2D eigenvalue weighted by Gasteiger charge is -2.14. The minimum atomic E-state index is -3.61. The predicted octanol–water partition coefficient (Wildman–Crippen LogP) is 3.96. The zero-order chi connectivity index (χ0) is 27.0. The van der Waals surface area contributed by atoms with Gasteiger partial charge in [0.2, 0.25) is 15.0 Å². The Morgan fingerprint density at radius 2 is 1.78 bits per heavy atom. The number of nitrogens with zero attached hydrogens (tertiary/aromatic N) is 3. The van der Waals surface area contributed by atoms with Crippen LogP contribution in [-0.4, -0.2) is 49.8 Å². The van der Waals surface area contributed by atoms with Crippen molar-refractivity contribution < 1.29 is 27.4 Å². The number of rotatable bonds is 11. The highest BCUT2D eigenvalue weighted by Gasteiger charge is 2.18. The van der Waals surface area contributed by atoms with Crippen LogP contribution >= 0.6 is 11.5 Å². The lowest BCUT2D eigenvalue weighted by atomic mass is 10.1. The summed E-state index contributed by atoms with van der Waals surface area (Å²) in [7, 11) is -3.61. The van der Waals surface area contributed by atoms with E-state index >= 15 is 0 Å². The van der Waals surface area contributed by atoms with Crippen LogP contribution in [0.15, 0.2) is 47.1 Å². The Morgan fingerprint density at radius 3 is 2.41 bits per heavy atom. The highest BCUT2D eigenvalue weighted by Crippen LogP contribution is 2.30. The number of anilines is 1. The Morgan fingerprint density at radius 1 is 1.08 bits per heavy atom. The number of aromatic nitrogens is 2. The number of nitrogens with one attached hydrogen (secondary N) is 1. The van der Waals surface area contributed by atoms with Crippen molar-refractivity contribution in [2.24, 2.45) is 0 Å². The molecule has 37 heavy (non-hydrogen) atoms. The second kappa shape index (κ2) is 12.3. The normalized spacial score (nSPS) is 11.5. The standard InChI is InChI=1S/C25H26N4O6S2/c1-5-33-22-14-18(7-9-21(22)35-11-10-34-20-8-6-16(2)12-17(20)3)13-19(15-26)23(30)27-24-28-25(29-36-24)37(4,31)32/h6-9,12-14H,5,10-11H2,1-4H3,(H,27,28,29,30). The van der Waals surface area contributed by atoms with E-state index in [1.165, 1.54) is 6.08 Å². The van der Waals surface area contributed by atoms with E-state index in [1.54, 1.807) is 18.2 Å². The van der Waals surface area contributed by atoms with Crippen molar-refractivity contribution in [3.63, 3.8) is 0 Å². The van der Waals surface area contributed by atoms with Gasteiger partial charge in [-0.2, -0.15) is 14.6 Å². The Labute approximate surface area is 219 Å². The average molecular weight is 543 g/mol. The molecule has 0 unspecified atom stereocenters. The first kappa shape index (κ1) is 27.6. The molecular formula is C25H26N4O6S2. The lowest BCUT2D eigenvalue weighted by Crippen LogP contribution is -2.13. The Balaban J connectivity index is 1.68. The van der Waals surface area contributed by atoms with E-state index in [0.29, 0.717) is 41.8 Å². The van der Waals surface area contributed by atoms with E-state index in [4.69, 9.17) is 14.2 Å². The highest BCUT2D eigenvalue weighted by molar-refractivity contribution is 7.90. The van der Waals surface area contributed by atoms with Gasteiger partial charge in [-0.15, -0.1) is 0 Å². The number of ether oxygens (including phenoxy) is 3. The van der Waals surface area contributed by atoms with Gasteiger partial charge in [0.1, 0.15) is 30.6 Å². The second-order valence-electron chi connectivity index (χ2n) is 7.88. The summed E-state index contributed by atoms with van der Waals surface area (Å²) in [6.45, 7) is 6.84. The van der Waals surface area contributed by atoms with Crippen LogP contribution in [0.4, 0.5) is 5.13 Å². The van der Waals surface area contributed by atoms with Crippen molar-refractivity contribution >= 4 is 38.5 Å². The molecule has 1 aromatic heterocycles. The quantitative estimate of drug-likeness (QED) is 0.216. The third kappa shape index (κ3) is 7.77. The molecule has 12 heteroatoms. The van der Waals surface area contributed by atoms with Crippen LogP contribution in [0.1, 0.15) is 23.6 Å². The van der Waals surface area contributed by atoms with Gasteiger partial charge in [-0.3, -0.25) is 10.1 Å². The third-order valence-electron chi connectivity index (χ3n) is 4.83. The molecule has 3 rings (SSSR count). The van der Waals surface area contributed by atoms with Gasteiger partial charge in [0.15, 0.2) is 11.5 Å².